The van der Waals surface area contributed by atoms with E-state index in [1.54, 1.807) is 30.0 Å². The van der Waals surface area contributed by atoms with Crippen LogP contribution in [0, 0.1) is 12.7 Å². The van der Waals surface area contributed by atoms with Gasteiger partial charge in [0.15, 0.2) is 6.10 Å². The van der Waals surface area contributed by atoms with E-state index in [4.69, 9.17) is 9.47 Å². The molecular weight excluding hydrogens is 401 g/mol. The highest BCUT2D eigenvalue weighted by atomic mass is 19.1. The maximum absolute atomic E-state index is 13.7. The van der Waals surface area contributed by atoms with Crippen molar-refractivity contribution in [3.8, 4) is 5.75 Å². The molecule has 0 saturated carbocycles. The van der Waals surface area contributed by atoms with Crippen molar-refractivity contribution in [3.63, 3.8) is 0 Å². The fraction of sp³-hybridized carbons (Fsp3) is 0.391. The van der Waals surface area contributed by atoms with Gasteiger partial charge in [-0.05, 0) is 36.2 Å². The average molecular weight is 427 g/mol. The molecule has 31 heavy (non-hydrogen) atoms. The standard InChI is InChI=1S/C23H26FN3O4/c1-16-6-7-17(12-18(16)24)13-25-22(28)15-27-14-21(23(29)26-8-10-30-11-9-26)31-20-5-3-2-4-19(20)27/h2-7,12,21H,8-11,13-15H2,1H3,(H,25,28). The van der Waals surface area contributed by atoms with Gasteiger partial charge in [0.2, 0.25) is 5.91 Å². The van der Waals surface area contributed by atoms with Crippen LogP contribution < -0.4 is 15.0 Å². The van der Waals surface area contributed by atoms with Crippen LogP contribution >= 0.6 is 0 Å². The van der Waals surface area contributed by atoms with E-state index < -0.39 is 6.10 Å². The van der Waals surface area contributed by atoms with Crippen molar-refractivity contribution in [1.29, 1.82) is 0 Å². The van der Waals surface area contributed by atoms with Gasteiger partial charge in [0, 0.05) is 19.6 Å². The summed E-state index contributed by atoms with van der Waals surface area (Å²) >= 11 is 0. The van der Waals surface area contributed by atoms with Gasteiger partial charge in [-0.1, -0.05) is 24.3 Å². The largest absolute Gasteiger partial charge is 0.477 e. The van der Waals surface area contributed by atoms with Crippen LogP contribution in [0.1, 0.15) is 11.1 Å². The van der Waals surface area contributed by atoms with Crippen molar-refractivity contribution in [2.24, 2.45) is 0 Å². The van der Waals surface area contributed by atoms with Crippen LogP contribution in [0.5, 0.6) is 5.75 Å². The minimum absolute atomic E-state index is 0.0710. The zero-order chi connectivity index (χ0) is 21.8. The fourth-order valence-electron chi connectivity index (χ4n) is 3.75. The molecular formula is C23H26FN3O4. The van der Waals surface area contributed by atoms with Crippen LogP contribution in [0.25, 0.3) is 0 Å². The van der Waals surface area contributed by atoms with E-state index in [-0.39, 0.29) is 37.3 Å². The number of ether oxygens (including phenoxy) is 2. The van der Waals surface area contributed by atoms with Crippen molar-refractivity contribution in [2.75, 3.05) is 44.3 Å². The second kappa shape index (κ2) is 9.34. The van der Waals surface area contributed by atoms with E-state index >= 15 is 0 Å². The molecule has 0 bridgehead atoms. The molecule has 1 saturated heterocycles. The van der Waals surface area contributed by atoms with E-state index in [0.29, 0.717) is 43.2 Å². The molecule has 0 aromatic heterocycles. The zero-order valence-corrected chi connectivity index (χ0v) is 17.5. The van der Waals surface area contributed by atoms with Gasteiger partial charge in [0.1, 0.15) is 11.6 Å². The maximum atomic E-state index is 13.7. The molecule has 2 amide bonds. The van der Waals surface area contributed by atoms with Gasteiger partial charge in [-0.3, -0.25) is 9.59 Å². The summed E-state index contributed by atoms with van der Waals surface area (Å²) in [5, 5.41) is 2.83. The lowest BCUT2D eigenvalue weighted by atomic mass is 10.1. The highest BCUT2D eigenvalue weighted by Crippen LogP contribution is 2.33. The van der Waals surface area contributed by atoms with E-state index in [0.717, 1.165) is 5.69 Å². The van der Waals surface area contributed by atoms with Gasteiger partial charge in [0.25, 0.3) is 5.91 Å². The summed E-state index contributed by atoms with van der Waals surface area (Å²) in [4.78, 5) is 29.2. The second-order valence-electron chi connectivity index (χ2n) is 7.75. The van der Waals surface area contributed by atoms with Crippen LogP contribution in [0.3, 0.4) is 0 Å². The van der Waals surface area contributed by atoms with Crippen molar-refractivity contribution in [1.82, 2.24) is 10.2 Å². The van der Waals surface area contributed by atoms with Gasteiger partial charge < -0.3 is 24.6 Å². The second-order valence-corrected chi connectivity index (χ2v) is 7.75. The number of fused-ring (bicyclic) bond motifs is 1. The summed E-state index contributed by atoms with van der Waals surface area (Å²) in [5.41, 5.74) is 2.03. The van der Waals surface area contributed by atoms with Crippen molar-refractivity contribution in [3.05, 3.63) is 59.4 Å². The molecule has 2 aliphatic rings. The van der Waals surface area contributed by atoms with Crippen LogP contribution in [-0.2, 0) is 20.9 Å². The molecule has 0 aliphatic carbocycles. The van der Waals surface area contributed by atoms with E-state index in [1.165, 1.54) is 6.07 Å². The number of carbonyl (C=O) groups is 2. The van der Waals surface area contributed by atoms with E-state index in [2.05, 4.69) is 5.32 Å². The number of aryl methyl sites for hydroxylation is 1. The Labute approximate surface area is 180 Å². The van der Waals surface area contributed by atoms with Crippen molar-refractivity contribution in [2.45, 2.75) is 19.6 Å². The normalized spacial score (nSPS) is 18.2. The number of para-hydroxylation sites is 2. The number of rotatable bonds is 5. The highest BCUT2D eigenvalue weighted by molar-refractivity contribution is 5.86. The fourth-order valence-corrected chi connectivity index (χ4v) is 3.75. The Morgan fingerprint density at radius 3 is 2.71 bits per heavy atom. The van der Waals surface area contributed by atoms with Gasteiger partial charge in [0.05, 0.1) is 32.0 Å². The quantitative estimate of drug-likeness (QED) is 0.789. The Kier molecular flexibility index (Phi) is 6.36. The summed E-state index contributed by atoms with van der Waals surface area (Å²) in [6.07, 6.45) is -0.688. The summed E-state index contributed by atoms with van der Waals surface area (Å²) in [7, 11) is 0. The number of nitrogens with one attached hydrogen (secondary N) is 1. The Morgan fingerprint density at radius 1 is 1.16 bits per heavy atom. The number of nitrogens with zero attached hydrogens (tertiary/aromatic N) is 2. The molecule has 0 radical (unpaired) electrons. The SMILES string of the molecule is Cc1ccc(CNC(=O)CN2CC(C(=O)N3CCOCC3)Oc3ccccc32)cc1F. The molecule has 2 aliphatic heterocycles. The summed E-state index contributed by atoms with van der Waals surface area (Å²) in [6, 6.07) is 12.3. The molecule has 1 atom stereocenters. The third-order valence-corrected chi connectivity index (χ3v) is 5.52. The number of morpholine rings is 1. The van der Waals surface area contributed by atoms with Crippen LogP contribution in [0.4, 0.5) is 10.1 Å². The minimum Gasteiger partial charge on any atom is -0.477 e. The molecule has 2 aromatic carbocycles. The maximum Gasteiger partial charge on any atom is 0.265 e. The first kappa shape index (κ1) is 21.1. The van der Waals surface area contributed by atoms with Gasteiger partial charge in [-0.25, -0.2) is 4.39 Å². The summed E-state index contributed by atoms with van der Waals surface area (Å²) < 4.78 is 25.0. The Balaban J connectivity index is 1.42. The number of benzene rings is 2. The molecule has 1 N–H and O–H groups in total. The first-order valence-electron chi connectivity index (χ1n) is 10.4. The predicted molar refractivity (Wildman–Crippen MR) is 113 cm³/mol. The molecule has 2 heterocycles. The van der Waals surface area contributed by atoms with Gasteiger partial charge in [-0.2, -0.15) is 0 Å². The topological polar surface area (TPSA) is 71.1 Å². The number of carbonyl (C=O) groups excluding carboxylic acids is 2. The lowest BCUT2D eigenvalue weighted by molar-refractivity contribution is -0.142. The molecule has 1 fully saturated rings. The molecule has 8 heteroatoms. The average Bonchev–Trinajstić information content (AvgIpc) is 2.80. The minimum atomic E-state index is -0.688. The molecule has 0 spiro atoms. The predicted octanol–water partition coefficient (Wildman–Crippen LogP) is 1.88. The van der Waals surface area contributed by atoms with E-state index in [9.17, 15) is 14.0 Å². The molecule has 4 rings (SSSR count). The van der Waals surface area contributed by atoms with Crippen molar-refractivity contribution >= 4 is 17.5 Å². The Bertz CT molecular complexity index is 962. The highest BCUT2D eigenvalue weighted by Gasteiger charge is 2.34. The summed E-state index contributed by atoms with van der Waals surface area (Å²) in [6.45, 7) is 4.38. The third-order valence-electron chi connectivity index (χ3n) is 5.52. The lowest BCUT2D eigenvalue weighted by Crippen LogP contribution is -2.54. The summed E-state index contributed by atoms with van der Waals surface area (Å²) in [5.74, 6) is -0.0271. The molecule has 7 nitrogen and oxygen atoms in total. The van der Waals surface area contributed by atoms with Crippen molar-refractivity contribution < 1.29 is 23.5 Å². The number of hydrogen-bond donors (Lipinski definition) is 1. The monoisotopic (exact) mass is 427 g/mol. The van der Waals surface area contributed by atoms with Crippen LogP contribution in [0.15, 0.2) is 42.5 Å². The zero-order valence-electron chi connectivity index (χ0n) is 17.5. The Hall–Kier alpha value is -3.13. The van der Waals surface area contributed by atoms with Crippen LogP contribution in [0.2, 0.25) is 0 Å². The van der Waals surface area contributed by atoms with E-state index in [1.807, 2.05) is 23.1 Å². The number of anilines is 1. The molecule has 1 unspecified atom stereocenters. The van der Waals surface area contributed by atoms with Gasteiger partial charge >= 0.3 is 0 Å². The van der Waals surface area contributed by atoms with Gasteiger partial charge in [-0.15, -0.1) is 0 Å². The smallest absolute Gasteiger partial charge is 0.265 e. The first-order chi connectivity index (χ1) is 15.0. The third kappa shape index (κ3) is 4.96. The Morgan fingerprint density at radius 2 is 1.94 bits per heavy atom. The lowest BCUT2D eigenvalue weighted by Gasteiger charge is -2.38. The molecule has 164 valence electrons. The first-order valence-corrected chi connectivity index (χ1v) is 10.4. The number of amides is 2. The number of halogens is 1. The van der Waals surface area contributed by atoms with Crippen LogP contribution in [-0.4, -0.2) is 62.2 Å². The number of hydrogen-bond acceptors (Lipinski definition) is 5. The molecule has 2 aromatic rings.